The molecule has 0 saturated carbocycles. The maximum atomic E-state index is 10.9. The van der Waals surface area contributed by atoms with Crippen LogP contribution in [0, 0.1) is 0 Å². The van der Waals surface area contributed by atoms with E-state index in [1.165, 1.54) is 0 Å². The molecule has 1 aliphatic heterocycles. The standard InChI is InChI=1S/C17H14ClNO2S/c18-12-6-7-14-11(8-12)9-15-17(14,20)19-16(22-15)10-21-13-4-2-1-3-5-13/h1-8,15,20H,9-10H2. The van der Waals surface area contributed by atoms with Crippen LogP contribution in [0.15, 0.2) is 53.5 Å². The fourth-order valence-electron chi connectivity index (χ4n) is 2.97. The smallest absolute Gasteiger partial charge is 0.196 e. The van der Waals surface area contributed by atoms with Gasteiger partial charge >= 0.3 is 0 Å². The van der Waals surface area contributed by atoms with Gasteiger partial charge in [-0.3, -0.25) is 0 Å². The van der Waals surface area contributed by atoms with Crippen molar-refractivity contribution < 1.29 is 9.84 Å². The molecule has 4 rings (SSSR count). The Balaban J connectivity index is 1.55. The van der Waals surface area contributed by atoms with Crippen LogP contribution in [0.4, 0.5) is 0 Å². The van der Waals surface area contributed by atoms with E-state index in [1.54, 1.807) is 17.8 Å². The van der Waals surface area contributed by atoms with E-state index < -0.39 is 5.72 Å². The Morgan fingerprint density at radius 3 is 2.91 bits per heavy atom. The quantitative estimate of drug-likeness (QED) is 0.933. The van der Waals surface area contributed by atoms with Crippen LogP contribution in [0.3, 0.4) is 0 Å². The lowest BCUT2D eigenvalue weighted by molar-refractivity contribution is 0.0577. The number of thioether (sulfide) groups is 1. The molecular formula is C17H14ClNO2S. The highest BCUT2D eigenvalue weighted by Gasteiger charge is 2.50. The van der Waals surface area contributed by atoms with E-state index >= 15 is 0 Å². The Morgan fingerprint density at radius 1 is 1.27 bits per heavy atom. The Labute approximate surface area is 138 Å². The zero-order valence-corrected chi connectivity index (χ0v) is 13.3. The number of rotatable bonds is 3. The highest BCUT2D eigenvalue weighted by molar-refractivity contribution is 8.14. The predicted molar refractivity (Wildman–Crippen MR) is 89.8 cm³/mol. The SMILES string of the molecule is OC12N=C(COc3ccccc3)SC1Cc1cc(Cl)ccc12. The van der Waals surface area contributed by atoms with Gasteiger partial charge in [0.25, 0.3) is 0 Å². The average Bonchev–Trinajstić information content (AvgIpc) is 2.96. The summed E-state index contributed by atoms with van der Waals surface area (Å²) < 4.78 is 5.72. The van der Waals surface area contributed by atoms with Crippen LogP contribution in [0.2, 0.25) is 5.02 Å². The molecule has 2 unspecified atom stereocenters. The first-order valence-electron chi connectivity index (χ1n) is 7.10. The van der Waals surface area contributed by atoms with Gasteiger partial charge in [-0.15, -0.1) is 0 Å². The number of para-hydroxylation sites is 1. The molecule has 22 heavy (non-hydrogen) atoms. The fraction of sp³-hybridized carbons (Fsp3) is 0.235. The topological polar surface area (TPSA) is 41.8 Å². The Morgan fingerprint density at radius 2 is 2.09 bits per heavy atom. The van der Waals surface area contributed by atoms with Crippen molar-refractivity contribution in [3.8, 4) is 5.75 Å². The molecule has 1 aliphatic carbocycles. The number of aliphatic hydroxyl groups is 1. The van der Waals surface area contributed by atoms with Crippen LogP contribution in [-0.4, -0.2) is 22.0 Å². The molecule has 0 radical (unpaired) electrons. The second-order valence-corrected chi connectivity index (χ2v) is 7.16. The first-order chi connectivity index (χ1) is 10.6. The van der Waals surface area contributed by atoms with E-state index in [2.05, 4.69) is 4.99 Å². The minimum absolute atomic E-state index is 0.00957. The van der Waals surface area contributed by atoms with Crippen molar-refractivity contribution in [2.45, 2.75) is 17.4 Å². The molecule has 5 heteroatoms. The number of ether oxygens (including phenoxy) is 1. The van der Waals surface area contributed by atoms with Gasteiger partial charge in [-0.2, -0.15) is 0 Å². The molecule has 1 N–H and O–H groups in total. The second kappa shape index (κ2) is 5.30. The average molecular weight is 332 g/mol. The molecule has 2 aromatic rings. The van der Waals surface area contributed by atoms with E-state index in [0.717, 1.165) is 28.3 Å². The van der Waals surface area contributed by atoms with Crippen molar-refractivity contribution in [2.24, 2.45) is 4.99 Å². The molecule has 0 fully saturated rings. The van der Waals surface area contributed by atoms with Gasteiger partial charge in [0.2, 0.25) is 0 Å². The number of nitrogens with zero attached hydrogens (tertiary/aromatic N) is 1. The summed E-state index contributed by atoms with van der Waals surface area (Å²) in [6.45, 7) is 0.385. The largest absolute Gasteiger partial charge is 0.487 e. The van der Waals surface area contributed by atoms with Crippen molar-refractivity contribution in [3.05, 3.63) is 64.7 Å². The lowest BCUT2D eigenvalue weighted by atomic mass is 10.1. The lowest BCUT2D eigenvalue weighted by Gasteiger charge is -2.19. The Hall–Kier alpha value is -1.49. The van der Waals surface area contributed by atoms with Gasteiger partial charge in [-0.05, 0) is 36.2 Å². The van der Waals surface area contributed by atoms with Crippen LogP contribution in [0.1, 0.15) is 11.1 Å². The second-order valence-electron chi connectivity index (χ2n) is 5.45. The minimum atomic E-state index is -1.14. The maximum Gasteiger partial charge on any atom is 0.196 e. The molecule has 3 nitrogen and oxygen atoms in total. The molecule has 2 aliphatic rings. The van der Waals surface area contributed by atoms with Gasteiger partial charge in [0.1, 0.15) is 17.4 Å². The van der Waals surface area contributed by atoms with Crippen LogP contribution in [0.5, 0.6) is 5.75 Å². The van der Waals surface area contributed by atoms with Crippen LogP contribution in [0.25, 0.3) is 0 Å². The number of benzene rings is 2. The van der Waals surface area contributed by atoms with Gasteiger partial charge in [0.15, 0.2) is 5.72 Å². The third-order valence-electron chi connectivity index (χ3n) is 4.00. The summed E-state index contributed by atoms with van der Waals surface area (Å²) in [5, 5.41) is 12.5. The number of hydrogen-bond donors (Lipinski definition) is 1. The van der Waals surface area contributed by atoms with Gasteiger partial charge in [0, 0.05) is 10.6 Å². The summed E-state index contributed by atoms with van der Waals surface area (Å²) in [6.07, 6.45) is 0.773. The lowest BCUT2D eigenvalue weighted by Crippen LogP contribution is -2.27. The summed E-state index contributed by atoms with van der Waals surface area (Å²) in [4.78, 5) is 4.54. The van der Waals surface area contributed by atoms with Crippen molar-refractivity contribution >= 4 is 28.4 Å². The number of fused-ring (bicyclic) bond motifs is 3. The van der Waals surface area contributed by atoms with Crippen molar-refractivity contribution in [1.82, 2.24) is 0 Å². The third-order valence-corrected chi connectivity index (χ3v) is 5.49. The van der Waals surface area contributed by atoms with Gasteiger partial charge in [0.05, 0.1) is 5.25 Å². The summed E-state index contributed by atoms with van der Waals surface area (Å²) in [7, 11) is 0. The van der Waals surface area contributed by atoms with Crippen molar-refractivity contribution in [3.63, 3.8) is 0 Å². The summed E-state index contributed by atoms with van der Waals surface area (Å²) >= 11 is 7.62. The van der Waals surface area contributed by atoms with Crippen LogP contribution >= 0.6 is 23.4 Å². The monoisotopic (exact) mass is 331 g/mol. The highest BCUT2D eigenvalue weighted by atomic mass is 35.5. The van der Waals surface area contributed by atoms with Gasteiger partial charge in [-0.25, -0.2) is 4.99 Å². The molecule has 2 aromatic carbocycles. The molecule has 112 valence electrons. The van der Waals surface area contributed by atoms with Crippen molar-refractivity contribution in [2.75, 3.05) is 6.61 Å². The van der Waals surface area contributed by atoms with E-state index in [-0.39, 0.29) is 5.25 Å². The summed E-state index contributed by atoms with van der Waals surface area (Å²) in [6, 6.07) is 15.2. The molecule has 2 atom stereocenters. The third kappa shape index (κ3) is 2.32. The zero-order valence-electron chi connectivity index (χ0n) is 11.7. The van der Waals surface area contributed by atoms with Crippen LogP contribution < -0.4 is 4.74 Å². The summed E-state index contributed by atoms with van der Waals surface area (Å²) in [5.74, 6) is 0.807. The fourth-order valence-corrected chi connectivity index (χ4v) is 4.42. The molecule has 0 bridgehead atoms. The minimum Gasteiger partial charge on any atom is -0.487 e. The van der Waals surface area contributed by atoms with E-state index in [4.69, 9.17) is 16.3 Å². The summed E-state index contributed by atoms with van der Waals surface area (Å²) in [5.41, 5.74) is 0.809. The normalized spacial score (nSPS) is 25.5. The predicted octanol–water partition coefficient (Wildman–Crippen LogP) is 3.63. The molecular weight excluding hydrogens is 318 g/mol. The molecule has 1 heterocycles. The van der Waals surface area contributed by atoms with Gasteiger partial charge < -0.3 is 9.84 Å². The first-order valence-corrected chi connectivity index (χ1v) is 8.35. The number of halogens is 1. The molecule has 0 saturated heterocycles. The van der Waals surface area contributed by atoms with Crippen LogP contribution in [-0.2, 0) is 12.1 Å². The Kier molecular flexibility index (Phi) is 3.40. The molecule has 0 aromatic heterocycles. The van der Waals surface area contributed by atoms with E-state index in [1.807, 2.05) is 42.5 Å². The highest BCUT2D eigenvalue weighted by Crippen LogP contribution is 2.49. The number of aliphatic imine (C=N–C) groups is 1. The zero-order chi connectivity index (χ0) is 15.2. The first kappa shape index (κ1) is 14.1. The number of hydrogen-bond acceptors (Lipinski definition) is 4. The maximum absolute atomic E-state index is 10.9. The van der Waals surface area contributed by atoms with E-state index in [0.29, 0.717) is 11.6 Å². The Bertz CT molecular complexity index is 750. The molecule has 0 spiro atoms. The molecule has 0 amide bonds. The van der Waals surface area contributed by atoms with E-state index in [9.17, 15) is 5.11 Å². The van der Waals surface area contributed by atoms with Crippen molar-refractivity contribution in [1.29, 1.82) is 0 Å². The van der Waals surface area contributed by atoms with Gasteiger partial charge in [-0.1, -0.05) is 47.6 Å².